The van der Waals surface area contributed by atoms with E-state index >= 15 is 0 Å². The van der Waals surface area contributed by atoms with Crippen molar-refractivity contribution in [2.75, 3.05) is 31.1 Å². The fourth-order valence-electron chi connectivity index (χ4n) is 3.80. The van der Waals surface area contributed by atoms with E-state index in [1.807, 2.05) is 27.0 Å². The lowest BCUT2D eigenvalue weighted by Crippen LogP contribution is -2.51. The van der Waals surface area contributed by atoms with Crippen molar-refractivity contribution < 1.29 is 0 Å². The number of hydrogen-bond acceptors (Lipinski definition) is 5. The Labute approximate surface area is 165 Å². The third kappa shape index (κ3) is 3.69. The molecule has 1 aromatic heterocycles. The van der Waals surface area contributed by atoms with Gasteiger partial charge in [0.1, 0.15) is 5.82 Å². The van der Waals surface area contributed by atoms with Crippen molar-refractivity contribution in [3.63, 3.8) is 0 Å². The summed E-state index contributed by atoms with van der Waals surface area (Å²) in [5.74, 6) is 1.54. The van der Waals surface area contributed by atoms with Crippen molar-refractivity contribution in [1.29, 1.82) is 5.41 Å². The van der Waals surface area contributed by atoms with E-state index in [9.17, 15) is 4.79 Å². The minimum Gasteiger partial charge on any atom is -0.354 e. The van der Waals surface area contributed by atoms with Gasteiger partial charge in [-0.05, 0) is 50.8 Å². The van der Waals surface area contributed by atoms with E-state index in [0.29, 0.717) is 11.5 Å². The molecule has 1 aliphatic heterocycles. The lowest BCUT2D eigenvalue weighted by atomic mass is 10.0. The summed E-state index contributed by atoms with van der Waals surface area (Å²) in [6.45, 7) is 10.6. The second-order valence-electron chi connectivity index (χ2n) is 7.31. The molecular weight excluding hydrogens is 352 g/mol. The zero-order valence-electron chi connectivity index (χ0n) is 17.3. The molecule has 1 N–H and O–H groups in total. The first-order chi connectivity index (χ1) is 13.3. The Bertz CT molecular complexity index is 1030. The van der Waals surface area contributed by atoms with Crippen LogP contribution in [-0.2, 0) is 7.05 Å². The number of nitrogens with one attached hydrogen (secondary N) is 1. The van der Waals surface area contributed by atoms with E-state index in [0.717, 1.165) is 53.9 Å². The summed E-state index contributed by atoms with van der Waals surface area (Å²) in [5.41, 5.74) is 2.67. The Morgan fingerprint density at radius 3 is 2.39 bits per heavy atom. The topological polar surface area (TPSA) is 77.1 Å². The van der Waals surface area contributed by atoms with Crippen molar-refractivity contribution in [3.05, 3.63) is 39.7 Å². The molecule has 0 amide bonds. The molecule has 0 unspecified atom stereocenters. The third-order valence-electron chi connectivity index (χ3n) is 5.19. The maximum absolute atomic E-state index is 12.9. The summed E-state index contributed by atoms with van der Waals surface area (Å²) in [6, 6.07) is 6.21. The van der Waals surface area contributed by atoms with Crippen LogP contribution in [0.4, 0.5) is 5.82 Å². The molecule has 1 aromatic carbocycles. The number of amidine groups is 1. The van der Waals surface area contributed by atoms with Gasteiger partial charge in [-0.15, -0.1) is 5.10 Å². The fraction of sp³-hybridized carbons (Fsp3) is 0.429. The molecule has 0 aliphatic carbocycles. The van der Waals surface area contributed by atoms with E-state index in [1.165, 1.54) is 0 Å². The van der Waals surface area contributed by atoms with Gasteiger partial charge in [0.25, 0.3) is 5.56 Å². The number of rotatable bonds is 3. The van der Waals surface area contributed by atoms with Gasteiger partial charge in [0.15, 0.2) is 5.84 Å². The third-order valence-corrected chi connectivity index (χ3v) is 5.19. The molecule has 0 atom stereocenters. The molecule has 28 heavy (non-hydrogen) atoms. The second kappa shape index (κ2) is 7.96. The molecule has 7 nitrogen and oxygen atoms in total. The molecule has 1 saturated heterocycles. The summed E-state index contributed by atoms with van der Waals surface area (Å²) in [4.78, 5) is 17.3. The van der Waals surface area contributed by atoms with Crippen molar-refractivity contribution in [2.45, 2.75) is 27.7 Å². The van der Waals surface area contributed by atoms with Gasteiger partial charge < -0.3 is 15.2 Å². The van der Waals surface area contributed by atoms with E-state index in [1.54, 1.807) is 17.7 Å². The Morgan fingerprint density at radius 2 is 1.79 bits per heavy atom. The number of pyridine rings is 1. The minimum absolute atomic E-state index is 0.0385. The van der Waals surface area contributed by atoms with Crippen LogP contribution in [0.25, 0.3) is 10.8 Å². The average molecular weight is 380 g/mol. The molecule has 2 aromatic rings. The smallest absolute Gasteiger partial charge is 0.259 e. The van der Waals surface area contributed by atoms with Gasteiger partial charge in [0, 0.05) is 44.8 Å². The van der Waals surface area contributed by atoms with Crippen LogP contribution in [0.15, 0.2) is 33.2 Å². The van der Waals surface area contributed by atoms with Crippen LogP contribution in [0.1, 0.15) is 25.0 Å². The highest BCUT2D eigenvalue weighted by Gasteiger charge is 2.23. The SMILES string of the molecule is C/C=N/N=C(\C(C)=N)N1CCN(c2cc3c(C)cc(C)cc3c(=O)n2C)CC1. The Morgan fingerprint density at radius 1 is 1.11 bits per heavy atom. The van der Waals surface area contributed by atoms with Gasteiger partial charge in [-0.1, -0.05) is 11.6 Å². The minimum atomic E-state index is 0.0385. The number of hydrogen-bond donors (Lipinski definition) is 1. The average Bonchev–Trinajstić information content (AvgIpc) is 2.66. The first kappa shape index (κ1) is 19.8. The molecule has 2 heterocycles. The van der Waals surface area contributed by atoms with Gasteiger partial charge in [-0.3, -0.25) is 9.36 Å². The van der Waals surface area contributed by atoms with Gasteiger partial charge in [-0.2, -0.15) is 5.10 Å². The van der Waals surface area contributed by atoms with Gasteiger partial charge >= 0.3 is 0 Å². The van der Waals surface area contributed by atoms with Crippen molar-refractivity contribution in [1.82, 2.24) is 9.47 Å². The lowest BCUT2D eigenvalue weighted by Gasteiger charge is -2.37. The molecule has 1 aliphatic rings. The summed E-state index contributed by atoms with van der Waals surface area (Å²) in [5, 5.41) is 17.9. The van der Waals surface area contributed by atoms with E-state index < -0.39 is 0 Å². The van der Waals surface area contributed by atoms with Crippen LogP contribution >= 0.6 is 0 Å². The highest BCUT2D eigenvalue weighted by atomic mass is 16.1. The standard InChI is InChI=1S/C21H28N6O/c1-6-23-24-20(16(4)22)27-9-7-26(8-10-27)19-13-17-15(3)11-14(2)12-18(17)21(28)25(19)5/h6,11-13,22H,7-10H2,1-5H3/b22-16?,23-6+,24-20+. The van der Waals surface area contributed by atoms with Gasteiger partial charge in [0.05, 0.1) is 5.71 Å². The Kier molecular flexibility index (Phi) is 5.63. The molecule has 0 bridgehead atoms. The number of piperazine rings is 1. The lowest BCUT2D eigenvalue weighted by molar-refractivity contribution is 0.385. The van der Waals surface area contributed by atoms with Crippen LogP contribution in [0.5, 0.6) is 0 Å². The van der Waals surface area contributed by atoms with Crippen LogP contribution in [0, 0.1) is 19.3 Å². The first-order valence-electron chi connectivity index (χ1n) is 9.55. The van der Waals surface area contributed by atoms with Crippen molar-refractivity contribution in [2.24, 2.45) is 17.3 Å². The zero-order chi connectivity index (χ0) is 20.4. The summed E-state index contributed by atoms with van der Waals surface area (Å²) in [7, 11) is 1.84. The van der Waals surface area contributed by atoms with Crippen molar-refractivity contribution >= 4 is 34.4 Å². The van der Waals surface area contributed by atoms with E-state index in [-0.39, 0.29) is 5.56 Å². The highest BCUT2D eigenvalue weighted by molar-refractivity contribution is 6.39. The van der Waals surface area contributed by atoms with Gasteiger partial charge in [-0.25, -0.2) is 0 Å². The summed E-state index contributed by atoms with van der Waals surface area (Å²) in [6.07, 6.45) is 1.62. The maximum Gasteiger partial charge on any atom is 0.259 e. The molecule has 1 fully saturated rings. The number of benzene rings is 1. The normalized spacial score (nSPS) is 15.7. The number of aryl methyl sites for hydroxylation is 2. The molecule has 148 valence electrons. The monoisotopic (exact) mass is 380 g/mol. The molecule has 3 rings (SSSR count). The maximum atomic E-state index is 12.9. The van der Waals surface area contributed by atoms with Crippen LogP contribution in [0.3, 0.4) is 0 Å². The van der Waals surface area contributed by atoms with Crippen LogP contribution in [-0.4, -0.2) is 53.4 Å². The second-order valence-corrected chi connectivity index (χ2v) is 7.31. The summed E-state index contributed by atoms with van der Waals surface area (Å²) >= 11 is 0. The molecule has 0 spiro atoms. The van der Waals surface area contributed by atoms with Gasteiger partial charge in [0.2, 0.25) is 0 Å². The molecule has 0 saturated carbocycles. The van der Waals surface area contributed by atoms with Crippen LogP contribution in [0.2, 0.25) is 0 Å². The number of fused-ring (bicyclic) bond motifs is 1. The van der Waals surface area contributed by atoms with Crippen molar-refractivity contribution in [3.8, 4) is 0 Å². The quantitative estimate of drug-likeness (QED) is 0.505. The number of nitrogens with zero attached hydrogens (tertiary/aromatic N) is 5. The largest absolute Gasteiger partial charge is 0.354 e. The van der Waals surface area contributed by atoms with E-state index in [4.69, 9.17) is 5.41 Å². The number of aromatic nitrogens is 1. The predicted octanol–water partition coefficient (Wildman–Crippen LogP) is 2.72. The molecule has 7 heteroatoms. The number of anilines is 1. The fourth-order valence-corrected chi connectivity index (χ4v) is 3.80. The highest BCUT2D eigenvalue weighted by Crippen LogP contribution is 2.24. The molecular formula is C21H28N6O. The zero-order valence-corrected chi connectivity index (χ0v) is 17.3. The Hall–Kier alpha value is -2.96. The Balaban J connectivity index is 1.91. The van der Waals surface area contributed by atoms with E-state index in [2.05, 4.69) is 39.1 Å². The van der Waals surface area contributed by atoms with Crippen LogP contribution < -0.4 is 10.5 Å². The summed E-state index contributed by atoms with van der Waals surface area (Å²) < 4.78 is 1.75. The predicted molar refractivity (Wildman–Crippen MR) is 117 cm³/mol. The molecule has 0 radical (unpaired) electrons. The first-order valence-corrected chi connectivity index (χ1v) is 9.55.